The molecule has 2 heterocycles. The number of nitrogens with two attached hydrogens (primary N) is 1. The highest BCUT2D eigenvalue weighted by Crippen LogP contribution is 2.25. The Bertz CT molecular complexity index is 551. The van der Waals surface area contributed by atoms with E-state index < -0.39 is 0 Å². The first-order valence-electron chi connectivity index (χ1n) is 5.72. The van der Waals surface area contributed by atoms with Crippen LogP contribution in [-0.2, 0) is 13.0 Å². The molecule has 2 N–H and O–H groups in total. The fourth-order valence-electron chi connectivity index (χ4n) is 1.75. The van der Waals surface area contributed by atoms with Gasteiger partial charge in [0.05, 0.1) is 15.7 Å². The van der Waals surface area contributed by atoms with Crippen molar-refractivity contribution in [2.24, 2.45) is 0 Å². The van der Waals surface area contributed by atoms with Gasteiger partial charge in [0.15, 0.2) is 0 Å². The van der Waals surface area contributed by atoms with Crippen molar-refractivity contribution in [3.05, 3.63) is 40.0 Å². The van der Waals surface area contributed by atoms with E-state index in [1.165, 1.54) is 0 Å². The molecule has 0 spiro atoms. The number of anilines is 1. The third kappa shape index (κ3) is 2.76. The van der Waals surface area contributed by atoms with E-state index in [1.807, 2.05) is 6.20 Å². The number of rotatable bonds is 4. The Hall–Kier alpha value is -1.26. The minimum Gasteiger partial charge on any atom is -0.382 e. The number of halogens is 2. The number of pyridine rings is 1. The molecule has 0 atom stereocenters. The highest BCUT2D eigenvalue weighted by Gasteiger charge is 2.11. The lowest BCUT2D eigenvalue weighted by atomic mass is 10.2. The predicted molar refractivity (Wildman–Crippen MR) is 74.0 cm³/mol. The Kier molecular flexibility index (Phi) is 4.09. The van der Waals surface area contributed by atoms with Crippen molar-refractivity contribution in [1.29, 1.82) is 0 Å². The Labute approximate surface area is 116 Å². The van der Waals surface area contributed by atoms with E-state index in [2.05, 4.69) is 21.5 Å². The normalized spacial score (nSPS) is 10.8. The monoisotopic (exact) mass is 284 g/mol. The maximum absolute atomic E-state index is 6.11. The second-order valence-corrected chi connectivity index (χ2v) is 4.81. The van der Waals surface area contributed by atoms with Crippen LogP contribution in [0.1, 0.15) is 24.9 Å². The average Bonchev–Trinajstić information content (AvgIpc) is 2.74. The second-order valence-electron chi connectivity index (χ2n) is 4.00. The molecule has 96 valence electrons. The van der Waals surface area contributed by atoms with Crippen molar-refractivity contribution >= 4 is 29.0 Å². The molecule has 0 saturated carbocycles. The number of aromatic nitrogens is 3. The van der Waals surface area contributed by atoms with Gasteiger partial charge in [-0.05, 0) is 12.5 Å². The lowest BCUT2D eigenvalue weighted by molar-refractivity contribution is 0.645. The summed E-state index contributed by atoms with van der Waals surface area (Å²) in [4.78, 5) is 8.52. The van der Waals surface area contributed by atoms with E-state index in [4.69, 9.17) is 28.9 Å². The van der Waals surface area contributed by atoms with Crippen molar-refractivity contribution in [2.75, 3.05) is 5.73 Å². The van der Waals surface area contributed by atoms with Crippen molar-refractivity contribution in [1.82, 2.24) is 14.5 Å². The molecule has 0 radical (unpaired) electrons. The van der Waals surface area contributed by atoms with Crippen LogP contribution in [-0.4, -0.2) is 14.5 Å². The predicted octanol–water partition coefficient (Wildman–Crippen LogP) is 3.17. The quantitative estimate of drug-likeness (QED) is 0.938. The zero-order valence-corrected chi connectivity index (χ0v) is 11.5. The Morgan fingerprint density at radius 3 is 2.83 bits per heavy atom. The molecule has 0 bridgehead atoms. The molecule has 2 aromatic heterocycles. The van der Waals surface area contributed by atoms with Gasteiger partial charge in [-0.15, -0.1) is 0 Å². The summed E-state index contributed by atoms with van der Waals surface area (Å²) in [5.74, 6) is 1.22. The van der Waals surface area contributed by atoms with E-state index >= 15 is 0 Å². The Balaban J connectivity index is 2.28. The molecule has 6 heteroatoms. The summed E-state index contributed by atoms with van der Waals surface area (Å²) in [6.45, 7) is 3.05. The van der Waals surface area contributed by atoms with Crippen molar-refractivity contribution in [3.8, 4) is 0 Å². The summed E-state index contributed by atoms with van der Waals surface area (Å²) in [5, 5.41) is 0.890. The molecule has 0 aliphatic carbocycles. The van der Waals surface area contributed by atoms with Gasteiger partial charge in [0, 0.05) is 25.4 Å². The zero-order chi connectivity index (χ0) is 13.1. The molecule has 0 aromatic carbocycles. The molecule has 0 aliphatic heterocycles. The SMILES string of the molecule is CCCn1ccnc1Cc1nc(N)c(Cl)cc1Cl. The van der Waals surface area contributed by atoms with Gasteiger partial charge >= 0.3 is 0 Å². The number of aryl methyl sites for hydroxylation is 1. The molecule has 2 aromatic rings. The van der Waals surface area contributed by atoms with Crippen molar-refractivity contribution < 1.29 is 0 Å². The van der Waals surface area contributed by atoms with E-state index in [1.54, 1.807) is 12.3 Å². The smallest absolute Gasteiger partial charge is 0.142 e. The number of hydrogen-bond acceptors (Lipinski definition) is 3. The van der Waals surface area contributed by atoms with Crippen LogP contribution in [0.2, 0.25) is 10.0 Å². The topological polar surface area (TPSA) is 56.7 Å². The van der Waals surface area contributed by atoms with Gasteiger partial charge in [-0.25, -0.2) is 9.97 Å². The van der Waals surface area contributed by atoms with Gasteiger partial charge in [0.25, 0.3) is 0 Å². The number of nitrogens with zero attached hydrogens (tertiary/aromatic N) is 3. The van der Waals surface area contributed by atoms with Crippen molar-refractivity contribution in [2.45, 2.75) is 26.3 Å². The molecule has 0 fully saturated rings. The molecule has 0 amide bonds. The summed E-state index contributed by atoms with van der Waals surface area (Å²) in [7, 11) is 0. The van der Waals surface area contributed by atoms with Crippen LogP contribution in [0.4, 0.5) is 5.82 Å². The second kappa shape index (κ2) is 5.59. The van der Waals surface area contributed by atoms with E-state index in [0.29, 0.717) is 28.0 Å². The summed E-state index contributed by atoms with van der Waals surface area (Å²) in [6, 6.07) is 1.62. The third-order valence-corrected chi connectivity index (χ3v) is 3.25. The maximum atomic E-state index is 6.11. The van der Waals surface area contributed by atoms with Crippen LogP contribution in [0.3, 0.4) is 0 Å². The van der Waals surface area contributed by atoms with Crippen LogP contribution in [0.5, 0.6) is 0 Å². The lowest BCUT2D eigenvalue weighted by Crippen LogP contribution is -2.06. The van der Waals surface area contributed by atoms with Gasteiger partial charge in [0.2, 0.25) is 0 Å². The molecule has 18 heavy (non-hydrogen) atoms. The third-order valence-electron chi connectivity index (χ3n) is 2.62. The first-order chi connectivity index (χ1) is 8.61. The first kappa shape index (κ1) is 13.2. The maximum Gasteiger partial charge on any atom is 0.142 e. The molecular weight excluding hydrogens is 271 g/mol. The zero-order valence-electron chi connectivity index (χ0n) is 10.0. The fraction of sp³-hybridized carbons (Fsp3) is 0.333. The number of hydrogen-bond donors (Lipinski definition) is 1. The van der Waals surface area contributed by atoms with Gasteiger partial charge < -0.3 is 10.3 Å². The summed E-state index contributed by atoms with van der Waals surface area (Å²) >= 11 is 12.0. The first-order valence-corrected chi connectivity index (χ1v) is 6.47. The molecule has 0 unspecified atom stereocenters. The summed E-state index contributed by atoms with van der Waals surface area (Å²) < 4.78 is 2.09. The number of nitrogen functional groups attached to an aromatic ring is 1. The van der Waals surface area contributed by atoms with Crippen LogP contribution < -0.4 is 5.73 Å². The van der Waals surface area contributed by atoms with Crippen LogP contribution >= 0.6 is 23.2 Å². The van der Waals surface area contributed by atoms with Crippen molar-refractivity contribution in [3.63, 3.8) is 0 Å². The van der Waals surface area contributed by atoms with Gasteiger partial charge in [-0.3, -0.25) is 0 Å². The Morgan fingerprint density at radius 2 is 2.11 bits per heavy atom. The molecular formula is C12H14Cl2N4. The molecule has 0 aliphatic rings. The van der Waals surface area contributed by atoms with Crippen LogP contribution in [0, 0.1) is 0 Å². The summed E-state index contributed by atoms with van der Waals surface area (Å²) in [6.07, 6.45) is 5.32. The average molecular weight is 285 g/mol. The minimum atomic E-state index is 0.296. The Morgan fingerprint density at radius 1 is 1.33 bits per heavy atom. The molecule has 0 saturated heterocycles. The van der Waals surface area contributed by atoms with Gasteiger partial charge in [0.1, 0.15) is 11.6 Å². The lowest BCUT2D eigenvalue weighted by Gasteiger charge is -2.08. The minimum absolute atomic E-state index is 0.296. The standard InChI is InChI=1S/C12H14Cl2N4/c1-2-4-18-5-3-16-11(18)7-10-8(13)6-9(14)12(15)17-10/h3,5-6H,2,4,7H2,1H3,(H2,15,17). The van der Waals surface area contributed by atoms with E-state index in [0.717, 1.165) is 18.8 Å². The van der Waals surface area contributed by atoms with Crippen LogP contribution in [0.15, 0.2) is 18.5 Å². The van der Waals surface area contributed by atoms with E-state index in [9.17, 15) is 0 Å². The van der Waals surface area contributed by atoms with Crippen LogP contribution in [0.25, 0.3) is 0 Å². The van der Waals surface area contributed by atoms with Gasteiger partial charge in [-0.2, -0.15) is 0 Å². The van der Waals surface area contributed by atoms with E-state index in [-0.39, 0.29) is 0 Å². The largest absolute Gasteiger partial charge is 0.382 e. The van der Waals surface area contributed by atoms with Gasteiger partial charge in [-0.1, -0.05) is 30.1 Å². The fourth-order valence-corrected chi connectivity index (χ4v) is 2.17. The molecule has 4 nitrogen and oxygen atoms in total. The number of imidazole rings is 1. The highest BCUT2D eigenvalue weighted by molar-refractivity contribution is 6.36. The molecule has 2 rings (SSSR count). The summed E-state index contributed by atoms with van der Waals surface area (Å²) in [5.41, 5.74) is 6.38. The highest BCUT2D eigenvalue weighted by atomic mass is 35.5.